The predicted molar refractivity (Wildman–Crippen MR) is 130 cm³/mol. The van der Waals surface area contributed by atoms with Crippen molar-refractivity contribution >= 4 is 28.1 Å². The first-order valence-electron chi connectivity index (χ1n) is 10.9. The van der Waals surface area contributed by atoms with Gasteiger partial charge in [0.05, 0.1) is 24.3 Å². The van der Waals surface area contributed by atoms with Gasteiger partial charge in [-0.15, -0.1) is 11.3 Å². The van der Waals surface area contributed by atoms with Crippen LogP contribution in [0.15, 0.2) is 77.0 Å². The van der Waals surface area contributed by atoms with E-state index in [-0.39, 0.29) is 23.8 Å². The summed E-state index contributed by atoms with van der Waals surface area (Å²) in [5, 5.41) is 10.1. The number of hydrogen-bond donors (Lipinski definition) is 1. The zero-order chi connectivity index (χ0) is 22.5. The number of aromatic nitrogens is 2. The second-order valence-corrected chi connectivity index (χ2v) is 8.97. The number of carbonyl (C=O) groups is 1. The first kappa shape index (κ1) is 22.0. The molecule has 0 saturated carbocycles. The van der Waals surface area contributed by atoms with E-state index >= 15 is 0 Å². The zero-order valence-corrected chi connectivity index (χ0v) is 19.1. The highest BCUT2D eigenvalue weighted by Gasteiger charge is 2.18. The molecule has 5 nitrogen and oxygen atoms in total. The zero-order valence-electron chi connectivity index (χ0n) is 18.3. The van der Waals surface area contributed by atoms with Crippen LogP contribution in [0.5, 0.6) is 0 Å². The molecule has 2 aromatic heterocycles. The Morgan fingerprint density at radius 1 is 1.06 bits per heavy atom. The second-order valence-electron chi connectivity index (χ2n) is 7.99. The Morgan fingerprint density at radius 2 is 1.81 bits per heavy atom. The molecule has 32 heavy (non-hydrogen) atoms. The van der Waals surface area contributed by atoms with Gasteiger partial charge in [0.25, 0.3) is 0 Å². The third kappa shape index (κ3) is 4.81. The Kier molecular flexibility index (Phi) is 6.81. The maximum atomic E-state index is 12.9. The number of nitrogens with one attached hydrogen (secondary N) is 1. The minimum atomic E-state index is -0.188. The molecule has 0 saturated heterocycles. The van der Waals surface area contributed by atoms with Gasteiger partial charge >= 0.3 is 0 Å². The Balaban J connectivity index is 1.50. The van der Waals surface area contributed by atoms with Crippen molar-refractivity contribution in [3.63, 3.8) is 0 Å². The second kappa shape index (κ2) is 9.92. The number of rotatable bonds is 8. The fourth-order valence-corrected chi connectivity index (χ4v) is 4.61. The van der Waals surface area contributed by atoms with E-state index in [1.165, 1.54) is 11.8 Å². The van der Waals surface area contributed by atoms with E-state index in [0.717, 1.165) is 22.4 Å². The molecule has 0 radical (unpaired) electrons. The predicted octanol–water partition coefficient (Wildman–Crippen LogP) is 5.27. The topological polar surface area (TPSA) is 64.0 Å². The van der Waals surface area contributed by atoms with Crippen LogP contribution < -0.4 is 10.7 Å². The molecule has 2 heterocycles. The van der Waals surface area contributed by atoms with E-state index in [0.29, 0.717) is 17.8 Å². The molecule has 0 bridgehead atoms. The number of nitrogens with zero attached hydrogens (tertiary/aromatic N) is 2. The van der Waals surface area contributed by atoms with Gasteiger partial charge in [-0.2, -0.15) is 5.10 Å². The number of aryl methyl sites for hydroxylation is 1. The van der Waals surface area contributed by atoms with Crippen LogP contribution >= 0.6 is 11.3 Å². The molecule has 0 aliphatic carbocycles. The van der Waals surface area contributed by atoms with Crippen molar-refractivity contribution in [2.75, 3.05) is 0 Å². The monoisotopic (exact) mass is 445 g/mol. The lowest BCUT2D eigenvalue weighted by Crippen LogP contribution is -2.30. The quantitative estimate of drug-likeness (QED) is 0.402. The average molecular weight is 446 g/mol. The van der Waals surface area contributed by atoms with Crippen molar-refractivity contribution in [2.45, 2.75) is 45.2 Å². The van der Waals surface area contributed by atoms with E-state index in [1.54, 1.807) is 22.1 Å². The highest BCUT2D eigenvalue weighted by molar-refractivity contribution is 7.10. The highest BCUT2D eigenvalue weighted by Crippen LogP contribution is 2.28. The van der Waals surface area contributed by atoms with E-state index < -0.39 is 0 Å². The van der Waals surface area contributed by atoms with E-state index in [1.807, 2.05) is 29.6 Å². The Hall–Kier alpha value is -3.25. The molecule has 164 valence electrons. The van der Waals surface area contributed by atoms with Crippen molar-refractivity contribution < 1.29 is 4.79 Å². The molecule has 0 unspecified atom stereocenters. The fourth-order valence-electron chi connectivity index (χ4n) is 3.81. The largest absolute Gasteiger partial charge is 0.344 e. The normalized spacial score (nSPS) is 13.1. The number of fused-ring (bicyclic) bond motifs is 1. The molecule has 2 atom stereocenters. The first-order chi connectivity index (χ1) is 15.6. The minimum absolute atomic E-state index is 0.0565. The molecule has 6 heteroatoms. The molecule has 1 N–H and O–H groups in total. The van der Waals surface area contributed by atoms with Crippen LogP contribution in [-0.4, -0.2) is 15.7 Å². The summed E-state index contributed by atoms with van der Waals surface area (Å²) in [5.74, 6) is 0.456. The number of para-hydroxylation sites is 1. The van der Waals surface area contributed by atoms with Gasteiger partial charge in [-0.05, 0) is 47.0 Å². The van der Waals surface area contributed by atoms with Crippen LogP contribution in [0.1, 0.15) is 54.7 Å². The third-order valence-corrected chi connectivity index (χ3v) is 6.83. The van der Waals surface area contributed by atoms with Crippen LogP contribution in [-0.2, 0) is 11.3 Å². The van der Waals surface area contributed by atoms with Crippen LogP contribution in [0, 0.1) is 0 Å². The number of hydrogen-bond acceptors (Lipinski definition) is 4. The smallest absolute Gasteiger partial charge is 0.222 e. The van der Waals surface area contributed by atoms with Gasteiger partial charge in [0.2, 0.25) is 11.3 Å². The van der Waals surface area contributed by atoms with Crippen molar-refractivity contribution in [1.29, 1.82) is 0 Å². The molecule has 0 fully saturated rings. The van der Waals surface area contributed by atoms with Gasteiger partial charge in [-0.1, -0.05) is 56.3 Å². The van der Waals surface area contributed by atoms with Crippen molar-refractivity contribution in [3.8, 4) is 0 Å². The maximum absolute atomic E-state index is 12.9. The number of thiophene rings is 1. The van der Waals surface area contributed by atoms with E-state index in [2.05, 4.69) is 54.6 Å². The lowest BCUT2D eigenvalue weighted by molar-refractivity contribution is -0.121. The summed E-state index contributed by atoms with van der Waals surface area (Å²) in [6.45, 7) is 4.81. The van der Waals surface area contributed by atoms with Crippen LogP contribution in [0.25, 0.3) is 10.9 Å². The van der Waals surface area contributed by atoms with Gasteiger partial charge in [0, 0.05) is 16.7 Å². The van der Waals surface area contributed by atoms with Crippen molar-refractivity contribution in [2.24, 2.45) is 0 Å². The molecular weight excluding hydrogens is 418 g/mol. The molecule has 4 aromatic rings. The molecule has 0 aliphatic heterocycles. The van der Waals surface area contributed by atoms with Crippen LogP contribution in [0.2, 0.25) is 0 Å². The van der Waals surface area contributed by atoms with Crippen molar-refractivity contribution in [3.05, 3.63) is 98.5 Å². The molecule has 1 amide bonds. The number of carbonyl (C=O) groups excluding carboxylic acids is 1. The Bertz CT molecular complexity index is 1250. The van der Waals surface area contributed by atoms with E-state index in [9.17, 15) is 9.59 Å². The summed E-state index contributed by atoms with van der Waals surface area (Å²) >= 11 is 1.63. The molecule has 0 spiro atoms. The molecule has 2 aromatic carbocycles. The average Bonchev–Trinajstić information content (AvgIpc) is 3.37. The molecular formula is C26H27N3O2S. The summed E-state index contributed by atoms with van der Waals surface area (Å²) in [5.41, 5.74) is 3.01. The van der Waals surface area contributed by atoms with Gasteiger partial charge in [-0.3, -0.25) is 14.3 Å². The third-order valence-electron chi connectivity index (χ3n) is 5.90. The Labute approximate surface area is 191 Å². The van der Waals surface area contributed by atoms with Gasteiger partial charge in [-0.25, -0.2) is 0 Å². The van der Waals surface area contributed by atoms with Crippen LogP contribution in [0.4, 0.5) is 0 Å². The number of amides is 1. The lowest BCUT2D eigenvalue weighted by atomic mass is 9.95. The first-order valence-corrected chi connectivity index (χ1v) is 11.8. The summed E-state index contributed by atoms with van der Waals surface area (Å²) in [4.78, 5) is 26.0. The molecule has 4 rings (SSSR count). The van der Waals surface area contributed by atoms with Crippen molar-refractivity contribution in [1.82, 2.24) is 15.1 Å². The summed E-state index contributed by atoms with van der Waals surface area (Å²) in [7, 11) is 0. The van der Waals surface area contributed by atoms with Gasteiger partial charge in [0.1, 0.15) is 0 Å². The lowest BCUT2D eigenvalue weighted by Gasteiger charge is -2.19. The summed E-state index contributed by atoms with van der Waals surface area (Å²) < 4.78 is 1.72. The fraction of sp³-hybridized carbons (Fsp3) is 0.269. The standard InChI is InChI=1S/C26H27N3O2S/c1-3-18(2)19-10-12-20(13-11-19)26(24-9-6-16-32-24)28-25(31)14-15-29-22-8-5-4-7-21(22)23(30)17-27-29/h4-13,16-18,26H,3,14-15H2,1-2H3,(H,28,31)/t18-,26-/m0/s1. The Morgan fingerprint density at radius 3 is 2.53 bits per heavy atom. The number of benzene rings is 2. The minimum Gasteiger partial charge on any atom is -0.344 e. The van der Waals surface area contributed by atoms with Gasteiger partial charge in [0.15, 0.2) is 0 Å². The maximum Gasteiger partial charge on any atom is 0.222 e. The summed E-state index contributed by atoms with van der Waals surface area (Å²) in [6.07, 6.45) is 2.68. The van der Waals surface area contributed by atoms with Crippen LogP contribution in [0.3, 0.4) is 0 Å². The van der Waals surface area contributed by atoms with E-state index in [4.69, 9.17) is 0 Å². The molecule has 0 aliphatic rings. The SMILES string of the molecule is CC[C@H](C)c1ccc([C@H](NC(=O)CCn2ncc(=O)c3ccccc32)c2cccs2)cc1. The van der Waals surface area contributed by atoms with Gasteiger partial charge < -0.3 is 5.32 Å². The summed E-state index contributed by atoms with van der Waals surface area (Å²) in [6, 6.07) is 19.8. The highest BCUT2D eigenvalue weighted by atomic mass is 32.1.